The van der Waals surface area contributed by atoms with Crippen molar-refractivity contribution in [1.29, 1.82) is 0 Å². The van der Waals surface area contributed by atoms with Gasteiger partial charge >= 0.3 is 6.09 Å². The summed E-state index contributed by atoms with van der Waals surface area (Å²) in [6.45, 7) is 10.3. The van der Waals surface area contributed by atoms with E-state index in [0.29, 0.717) is 25.4 Å². The predicted molar refractivity (Wildman–Crippen MR) is 85.2 cm³/mol. The van der Waals surface area contributed by atoms with Gasteiger partial charge in [-0.05, 0) is 34.6 Å². The van der Waals surface area contributed by atoms with Crippen LogP contribution in [0.2, 0.25) is 0 Å². The van der Waals surface area contributed by atoms with E-state index in [1.807, 2.05) is 39.2 Å². The Morgan fingerprint density at radius 1 is 1.39 bits per heavy atom. The number of aryl methyl sites for hydroxylation is 2. The molecular weight excluding hydrogens is 296 g/mol. The molecule has 0 aliphatic heterocycles. The van der Waals surface area contributed by atoms with Crippen molar-refractivity contribution in [3.05, 3.63) is 35.6 Å². The van der Waals surface area contributed by atoms with Gasteiger partial charge in [-0.15, -0.1) is 0 Å². The summed E-state index contributed by atoms with van der Waals surface area (Å²) in [6.07, 6.45) is 3.75. The van der Waals surface area contributed by atoms with Crippen LogP contribution in [0.25, 0.3) is 0 Å². The number of nitrogens with zero attached hydrogens (tertiary/aromatic N) is 3. The molecule has 0 saturated heterocycles. The van der Waals surface area contributed by atoms with Crippen molar-refractivity contribution in [3.8, 4) is 0 Å². The highest BCUT2D eigenvalue weighted by Crippen LogP contribution is 2.11. The maximum Gasteiger partial charge on any atom is 0.407 e. The molecule has 0 radical (unpaired) electrons. The SMILES string of the molecule is Cc1nc(Cn2cncc2CCNC(=O)OC(C)(C)C)oc1C. The first-order valence-electron chi connectivity index (χ1n) is 7.63. The standard InChI is InChI=1S/C16H24N4O3/c1-11-12(2)22-14(19-11)9-20-10-17-8-13(20)6-7-18-15(21)23-16(3,4)5/h8,10H,6-7,9H2,1-5H3,(H,18,21). The predicted octanol–water partition coefficient (Wildman–Crippen LogP) is 2.60. The number of alkyl carbamates (subject to hydrolysis) is 1. The number of aromatic nitrogens is 3. The lowest BCUT2D eigenvalue weighted by Gasteiger charge is -2.19. The average molecular weight is 320 g/mol. The fourth-order valence-electron chi connectivity index (χ4n) is 2.06. The highest BCUT2D eigenvalue weighted by atomic mass is 16.6. The van der Waals surface area contributed by atoms with E-state index in [1.165, 1.54) is 0 Å². The molecule has 126 valence electrons. The van der Waals surface area contributed by atoms with Crippen molar-refractivity contribution in [2.24, 2.45) is 0 Å². The van der Waals surface area contributed by atoms with E-state index in [0.717, 1.165) is 17.1 Å². The van der Waals surface area contributed by atoms with Crippen LogP contribution in [0.4, 0.5) is 4.79 Å². The van der Waals surface area contributed by atoms with Gasteiger partial charge in [0.15, 0.2) is 0 Å². The largest absolute Gasteiger partial charge is 0.444 e. The highest BCUT2D eigenvalue weighted by Gasteiger charge is 2.16. The molecule has 0 atom stereocenters. The molecule has 0 spiro atoms. The third-order valence-electron chi connectivity index (χ3n) is 3.23. The first-order chi connectivity index (χ1) is 10.7. The minimum Gasteiger partial charge on any atom is -0.444 e. The third-order valence-corrected chi connectivity index (χ3v) is 3.23. The number of ether oxygens (including phenoxy) is 1. The average Bonchev–Trinajstić information content (AvgIpc) is 2.96. The molecule has 1 amide bonds. The van der Waals surface area contributed by atoms with Gasteiger partial charge in [-0.1, -0.05) is 0 Å². The maximum absolute atomic E-state index is 11.6. The number of nitrogens with one attached hydrogen (secondary N) is 1. The molecule has 0 aromatic carbocycles. The second-order valence-corrected chi connectivity index (χ2v) is 6.44. The van der Waals surface area contributed by atoms with Gasteiger partial charge in [0.2, 0.25) is 5.89 Å². The van der Waals surface area contributed by atoms with E-state index < -0.39 is 11.7 Å². The number of rotatable bonds is 5. The van der Waals surface area contributed by atoms with Gasteiger partial charge in [-0.2, -0.15) is 0 Å². The van der Waals surface area contributed by atoms with Crippen LogP contribution in [0.5, 0.6) is 0 Å². The highest BCUT2D eigenvalue weighted by molar-refractivity contribution is 5.67. The Morgan fingerprint density at radius 3 is 2.74 bits per heavy atom. The fraction of sp³-hybridized carbons (Fsp3) is 0.562. The lowest BCUT2D eigenvalue weighted by molar-refractivity contribution is 0.0528. The lowest BCUT2D eigenvalue weighted by atomic mass is 10.2. The molecule has 2 rings (SSSR count). The lowest BCUT2D eigenvalue weighted by Crippen LogP contribution is -2.33. The first-order valence-corrected chi connectivity index (χ1v) is 7.63. The van der Waals surface area contributed by atoms with Crippen LogP contribution in [0.3, 0.4) is 0 Å². The monoisotopic (exact) mass is 320 g/mol. The molecule has 23 heavy (non-hydrogen) atoms. The Kier molecular flexibility index (Phi) is 5.08. The van der Waals surface area contributed by atoms with E-state index in [1.54, 1.807) is 12.5 Å². The van der Waals surface area contributed by atoms with Crippen LogP contribution in [-0.2, 0) is 17.7 Å². The Labute approximate surface area is 136 Å². The molecule has 2 heterocycles. The van der Waals surface area contributed by atoms with E-state index in [4.69, 9.17) is 9.15 Å². The molecule has 0 fully saturated rings. The van der Waals surface area contributed by atoms with Crippen molar-refractivity contribution >= 4 is 6.09 Å². The van der Waals surface area contributed by atoms with Gasteiger partial charge in [0, 0.05) is 24.9 Å². The minimum absolute atomic E-state index is 0.414. The van der Waals surface area contributed by atoms with Gasteiger partial charge in [-0.25, -0.2) is 14.8 Å². The quantitative estimate of drug-likeness (QED) is 0.915. The summed E-state index contributed by atoms with van der Waals surface area (Å²) in [5, 5.41) is 2.74. The van der Waals surface area contributed by atoms with Crippen molar-refractivity contribution in [3.63, 3.8) is 0 Å². The summed E-state index contributed by atoms with van der Waals surface area (Å²) < 4.78 is 12.8. The van der Waals surface area contributed by atoms with E-state index >= 15 is 0 Å². The molecular formula is C16H24N4O3. The molecule has 2 aromatic heterocycles. The number of amides is 1. The third kappa shape index (κ3) is 5.12. The zero-order chi connectivity index (χ0) is 17.0. The normalized spacial score (nSPS) is 11.5. The number of carbonyl (C=O) groups is 1. The molecule has 0 unspecified atom stereocenters. The first kappa shape index (κ1) is 17.1. The van der Waals surface area contributed by atoms with E-state index in [-0.39, 0.29) is 0 Å². The zero-order valence-electron chi connectivity index (χ0n) is 14.3. The molecule has 0 bridgehead atoms. The van der Waals surface area contributed by atoms with Crippen molar-refractivity contribution < 1.29 is 13.9 Å². The molecule has 7 heteroatoms. The van der Waals surface area contributed by atoms with Gasteiger partial charge < -0.3 is 19.0 Å². The molecule has 1 N–H and O–H groups in total. The number of oxazole rings is 1. The number of hydrogen-bond donors (Lipinski definition) is 1. The molecule has 0 saturated carbocycles. The van der Waals surface area contributed by atoms with Crippen molar-refractivity contribution in [2.75, 3.05) is 6.54 Å². The summed E-state index contributed by atoms with van der Waals surface area (Å²) in [5.41, 5.74) is 1.40. The second-order valence-electron chi connectivity index (χ2n) is 6.44. The topological polar surface area (TPSA) is 82.2 Å². The van der Waals surface area contributed by atoms with Crippen LogP contribution in [0, 0.1) is 13.8 Å². The van der Waals surface area contributed by atoms with Crippen LogP contribution in [0.1, 0.15) is 43.8 Å². The van der Waals surface area contributed by atoms with Gasteiger partial charge in [0.25, 0.3) is 0 Å². The van der Waals surface area contributed by atoms with Crippen LogP contribution < -0.4 is 5.32 Å². The second kappa shape index (κ2) is 6.85. The van der Waals surface area contributed by atoms with E-state index in [2.05, 4.69) is 15.3 Å². The van der Waals surface area contributed by atoms with Crippen LogP contribution in [0.15, 0.2) is 16.9 Å². The Bertz CT molecular complexity index is 648. The summed E-state index contributed by atoms with van der Waals surface area (Å²) in [4.78, 5) is 20.1. The number of hydrogen-bond acceptors (Lipinski definition) is 5. The summed E-state index contributed by atoms with van der Waals surface area (Å²) in [5.74, 6) is 1.48. The number of imidazole rings is 1. The maximum atomic E-state index is 11.6. The van der Waals surface area contributed by atoms with Crippen molar-refractivity contribution in [2.45, 2.75) is 53.2 Å². The molecule has 2 aromatic rings. The van der Waals surface area contributed by atoms with E-state index in [9.17, 15) is 4.79 Å². The fourth-order valence-corrected chi connectivity index (χ4v) is 2.06. The number of carbonyl (C=O) groups excluding carboxylic acids is 1. The minimum atomic E-state index is -0.494. The molecule has 7 nitrogen and oxygen atoms in total. The van der Waals surface area contributed by atoms with Crippen LogP contribution >= 0.6 is 0 Å². The smallest absolute Gasteiger partial charge is 0.407 e. The van der Waals surface area contributed by atoms with Gasteiger partial charge in [0.1, 0.15) is 17.9 Å². The Balaban J connectivity index is 1.87. The van der Waals surface area contributed by atoms with Crippen molar-refractivity contribution in [1.82, 2.24) is 19.9 Å². The summed E-state index contributed by atoms with van der Waals surface area (Å²) >= 11 is 0. The zero-order valence-corrected chi connectivity index (χ0v) is 14.3. The molecule has 0 aliphatic rings. The Morgan fingerprint density at radius 2 is 2.13 bits per heavy atom. The summed E-state index contributed by atoms with van der Waals surface area (Å²) in [6, 6.07) is 0. The van der Waals surface area contributed by atoms with Gasteiger partial charge in [0.05, 0.1) is 12.0 Å². The molecule has 0 aliphatic carbocycles. The summed E-state index contributed by atoms with van der Waals surface area (Å²) in [7, 11) is 0. The van der Waals surface area contributed by atoms with Crippen LogP contribution in [-0.4, -0.2) is 32.8 Å². The Hall–Kier alpha value is -2.31. The van der Waals surface area contributed by atoms with Gasteiger partial charge in [-0.3, -0.25) is 0 Å².